The van der Waals surface area contributed by atoms with Crippen molar-refractivity contribution >= 4 is 16.9 Å². The number of rotatable bonds is 3. The van der Waals surface area contributed by atoms with Crippen LogP contribution in [-0.4, -0.2) is 18.0 Å². The number of thioether (sulfide) groups is 1. The van der Waals surface area contributed by atoms with E-state index in [0.29, 0.717) is 10.7 Å². The smallest absolute Gasteiger partial charge is 0.154 e. The molecule has 0 saturated carbocycles. The van der Waals surface area contributed by atoms with Gasteiger partial charge in [-0.05, 0) is 61.2 Å². The highest BCUT2D eigenvalue weighted by Gasteiger charge is 2.30. The molecule has 2 N–H and O–H groups in total. The molecule has 2 aromatic rings. The molecule has 0 aromatic heterocycles. The Balaban J connectivity index is 2.09. The molecule has 126 valence electrons. The molecule has 1 aliphatic heterocycles. The number of halogens is 1. The number of ether oxygens (including phenoxy) is 1. The minimum atomic E-state index is -0.405. The standard InChI is InChI=1S/C19H21FN2OS/c1-12-10-14(23-3)5-6-15(12)16-11-13(4-7-17(16)20)19(2)8-9-24-18(21)22-19/h4-7,10-11H,8-9H2,1-3H3,(H2,21,22). The van der Waals surface area contributed by atoms with Crippen LogP contribution in [0.3, 0.4) is 0 Å². The fourth-order valence-electron chi connectivity index (χ4n) is 3.03. The van der Waals surface area contributed by atoms with Crippen LogP contribution in [0.1, 0.15) is 24.5 Å². The molecule has 0 radical (unpaired) electrons. The van der Waals surface area contributed by atoms with Gasteiger partial charge in [-0.15, -0.1) is 0 Å². The number of hydrogen-bond donors (Lipinski definition) is 1. The lowest BCUT2D eigenvalue weighted by Gasteiger charge is -2.30. The Morgan fingerprint density at radius 3 is 2.67 bits per heavy atom. The van der Waals surface area contributed by atoms with Crippen molar-refractivity contribution in [3.05, 3.63) is 53.3 Å². The van der Waals surface area contributed by atoms with Crippen LogP contribution >= 0.6 is 11.8 Å². The zero-order chi connectivity index (χ0) is 17.3. The molecular formula is C19H21FN2OS. The number of nitrogens with two attached hydrogens (primary N) is 1. The molecule has 1 unspecified atom stereocenters. The lowest BCUT2D eigenvalue weighted by Crippen LogP contribution is -2.28. The van der Waals surface area contributed by atoms with Crippen molar-refractivity contribution < 1.29 is 9.13 Å². The Labute approximate surface area is 146 Å². The Morgan fingerprint density at radius 2 is 2.00 bits per heavy atom. The van der Waals surface area contributed by atoms with Gasteiger partial charge in [-0.3, -0.25) is 4.99 Å². The molecule has 24 heavy (non-hydrogen) atoms. The summed E-state index contributed by atoms with van der Waals surface area (Å²) < 4.78 is 19.7. The van der Waals surface area contributed by atoms with E-state index in [9.17, 15) is 4.39 Å². The Kier molecular flexibility index (Phi) is 4.54. The summed E-state index contributed by atoms with van der Waals surface area (Å²) in [7, 11) is 1.62. The number of methoxy groups -OCH3 is 1. The van der Waals surface area contributed by atoms with Gasteiger partial charge in [0.1, 0.15) is 11.6 Å². The molecule has 0 spiro atoms. The van der Waals surface area contributed by atoms with E-state index in [2.05, 4.69) is 11.9 Å². The first-order valence-electron chi connectivity index (χ1n) is 7.86. The summed E-state index contributed by atoms with van der Waals surface area (Å²) in [6.07, 6.45) is 0.880. The average molecular weight is 344 g/mol. The van der Waals surface area contributed by atoms with Crippen molar-refractivity contribution in [3.63, 3.8) is 0 Å². The third-order valence-corrected chi connectivity index (χ3v) is 5.30. The predicted octanol–water partition coefficient (Wildman–Crippen LogP) is 4.48. The van der Waals surface area contributed by atoms with Gasteiger partial charge in [0, 0.05) is 11.3 Å². The first-order valence-corrected chi connectivity index (χ1v) is 8.85. The quantitative estimate of drug-likeness (QED) is 0.893. The van der Waals surface area contributed by atoms with Crippen molar-refractivity contribution in [2.75, 3.05) is 12.9 Å². The van der Waals surface area contributed by atoms with Crippen molar-refractivity contribution in [3.8, 4) is 16.9 Å². The van der Waals surface area contributed by atoms with Gasteiger partial charge < -0.3 is 10.5 Å². The lowest BCUT2D eigenvalue weighted by atomic mass is 9.87. The molecule has 1 heterocycles. The number of nitrogens with zero attached hydrogens (tertiary/aromatic N) is 1. The van der Waals surface area contributed by atoms with E-state index in [1.807, 2.05) is 37.3 Å². The van der Waals surface area contributed by atoms with Crippen molar-refractivity contribution in [2.45, 2.75) is 25.8 Å². The van der Waals surface area contributed by atoms with Crippen LogP contribution < -0.4 is 10.5 Å². The molecule has 0 amide bonds. The van der Waals surface area contributed by atoms with E-state index in [1.165, 1.54) is 6.07 Å². The van der Waals surface area contributed by atoms with Gasteiger partial charge in [0.2, 0.25) is 0 Å². The zero-order valence-electron chi connectivity index (χ0n) is 14.1. The molecule has 0 bridgehead atoms. The molecule has 0 fully saturated rings. The first kappa shape index (κ1) is 16.8. The lowest BCUT2D eigenvalue weighted by molar-refractivity contribution is 0.414. The van der Waals surface area contributed by atoms with E-state index in [4.69, 9.17) is 10.5 Å². The fourth-order valence-corrected chi connectivity index (χ4v) is 4.00. The third-order valence-electron chi connectivity index (χ3n) is 4.51. The summed E-state index contributed by atoms with van der Waals surface area (Å²) in [5.74, 6) is 1.44. The highest BCUT2D eigenvalue weighted by molar-refractivity contribution is 8.13. The van der Waals surface area contributed by atoms with Crippen molar-refractivity contribution in [1.29, 1.82) is 0 Å². The van der Waals surface area contributed by atoms with Gasteiger partial charge in [-0.1, -0.05) is 23.9 Å². The number of aryl methyl sites for hydroxylation is 1. The fraction of sp³-hybridized carbons (Fsp3) is 0.316. The van der Waals surface area contributed by atoms with E-state index >= 15 is 0 Å². The number of aliphatic imine (C=N–C) groups is 1. The molecule has 1 atom stereocenters. The van der Waals surface area contributed by atoms with Gasteiger partial charge in [-0.2, -0.15) is 0 Å². The summed E-state index contributed by atoms with van der Waals surface area (Å²) in [5, 5.41) is 0.593. The largest absolute Gasteiger partial charge is 0.497 e. The van der Waals surface area contributed by atoms with Gasteiger partial charge in [0.25, 0.3) is 0 Å². The highest BCUT2D eigenvalue weighted by Crippen LogP contribution is 2.38. The van der Waals surface area contributed by atoms with Gasteiger partial charge in [-0.25, -0.2) is 4.39 Å². The molecular weight excluding hydrogens is 323 g/mol. The van der Waals surface area contributed by atoms with Crippen molar-refractivity contribution in [2.24, 2.45) is 10.7 Å². The Morgan fingerprint density at radius 1 is 1.21 bits per heavy atom. The second-order valence-corrected chi connectivity index (χ2v) is 7.31. The maximum atomic E-state index is 14.5. The highest BCUT2D eigenvalue weighted by atomic mass is 32.2. The van der Waals surface area contributed by atoms with E-state index in [-0.39, 0.29) is 5.82 Å². The van der Waals surface area contributed by atoms with Gasteiger partial charge in [0.15, 0.2) is 5.17 Å². The summed E-state index contributed by atoms with van der Waals surface area (Å²) in [5.41, 5.74) is 8.90. The van der Waals surface area contributed by atoms with E-state index < -0.39 is 5.54 Å². The molecule has 1 aliphatic rings. The minimum absolute atomic E-state index is 0.238. The minimum Gasteiger partial charge on any atom is -0.497 e. The summed E-state index contributed by atoms with van der Waals surface area (Å²) in [4.78, 5) is 4.61. The topological polar surface area (TPSA) is 47.6 Å². The molecule has 3 nitrogen and oxygen atoms in total. The predicted molar refractivity (Wildman–Crippen MR) is 99.2 cm³/mol. The molecule has 5 heteroatoms. The number of amidine groups is 1. The molecule has 2 aromatic carbocycles. The van der Waals surface area contributed by atoms with Crippen LogP contribution in [0.5, 0.6) is 5.75 Å². The van der Waals surface area contributed by atoms with Crippen molar-refractivity contribution in [1.82, 2.24) is 0 Å². The van der Waals surface area contributed by atoms with Crippen LogP contribution in [0, 0.1) is 12.7 Å². The summed E-state index contributed by atoms with van der Waals surface area (Å²) in [6.45, 7) is 4.01. The summed E-state index contributed by atoms with van der Waals surface area (Å²) in [6, 6.07) is 10.9. The summed E-state index contributed by atoms with van der Waals surface area (Å²) >= 11 is 1.57. The monoisotopic (exact) mass is 344 g/mol. The van der Waals surface area contributed by atoms with E-state index in [0.717, 1.165) is 34.6 Å². The molecule has 3 rings (SSSR count). The second-order valence-electron chi connectivity index (χ2n) is 6.20. The average Bonchev–Trinajstić information content (AvgIpc) is 2.55. The maximum absolute atomic E-state index is 14.5. The van der Waals surface area contributed by atoms with Crippen LogP contribution in [0.2, 0.25) is 0 Å². The van der Waals surface area contributed by atoms with Crippen LogP contribution in [-0.2, 0) is 5.54 Å². The van der Waals surface area contributed by atoms with E-state index in [1.54, 1.807) is 18.9 Å². The van der Waals surface area contributed by atoms with Gasteiger partial charge >= 0.3 is 0 Å². The maximum Gasteiger partial charge on any atom is 0.154 e. The second kappa shape index (κ2) is 6.48. The molecule has 0 aliphatic carbocycles. The van der Waals surface area contributed by atoms with Crippen LogP contribution in [0.25, 0.3) is 11.1 Å². The van der Waals surface area contributed by atoms with Crippen LogP contribution in [0.4, 0.5) is 4.39 Å². The Bertz CT molecular complexity index is 806. The number of benzene rings is 2. The Hall–Kier alpha value is -2.01. The first-order chi connectivity index (χ1) is 11.4. The normalized spacial score (nSPS) is 20.6. The number of hydrogen-bond acceptors (Lipinski definition) is 4. The zero-order valence-corrected chi connectivity index (χ0v) is 14.9. The van der Waals surface area contributed by atoms with Crippen LogP contribution in [0.15, 0.2) is 41.4 Å². The SMILES string of the molecule is COc1ccc(-c2cc(C3(C)CCSC(N)=N3)ccc2F)c(C)c1. The third kappa shape index (κ3) is 3.13. The molecule has 0 saturated heterocycles. The van der Waals surface area contributed by atoms with Gasteiger partial charge in [0.05, 0.1) is 12.6 Å².